The lowest BCUT2D eigenvalue weighted by Crippen LogP contribution is -2.51. The lowest BCUT2D eigenvalue weighted by atomic mass is 9.97. The molecule has 0 bridgehead atoms. The summed E-state index contributed by atoms with van der Waals surface area (Å²) in [4.78, 5) is 24.7. The second kappa shape index (κ2) is 8.17. The summed E-state index contributed by atoms with van der Waals surface area (Å²) < 4.78 is 5.80. The van der Waals surface area contributed by atoms with Crippen LogP contribution >= 0.6 is 11.6 Å². The standard InChI is InChI=1S/C16H22ClN3O3/c1-11(15(21)19-16(18)22)20-8-4-5-12(9-20)10-23-14-7-3-2-6-13(14)17/h2-3,6-7,11-12H,4-5,8-10H2,1H3,(H3,18,19,21,22)/t11-,12+/m1/s1. The van der Waals surface area contributed by atoms with Crippen LogP contribution in [0.5, 0.6) is 5.75 Å². The predicted octanol–water partition coefficient (Wildman–Crippen LogP) is 2.01. The third-order valence-electron chi connectivity index (χ3n) is 4.04. The molecule has 0 spiro atoms. The Hall–Kier alpha value is -1.79. The Bertz CT molecular complexity index is 567. The highest BCUT2D eigenvalue weighted by molar-refractivity contribution is 6.32. The molecule has 126 valence electrons. The summed E-state index contributed by atoms with van der Waals surface area (Å²) >= 11 is 6.08. The van der Waals surface area contributed by atoms with E-state index in [9.17, 15) is 9.59 Å². The van der Waals surface area contributed by atoms with Crippen LogP contribution in [0.1, 0.15) is 19.8 Å². The summed E-state index contributed by atoms with van der Waals surface area (Å²) in [6.45, 7) is 3.87. The third kappa shape index (κ3) is 5.11. The molecule has 1 aromatic carbocycles. The van der Waals surface area contributed by atoms with Crippen molar-refractivity contribution >= 4 is 23.5 Å². The molecule has 0 aromatic heterocycles. The Morgan fingerprint density at radius 1 is 1.48 bits per heavy atom. The van der Waals surface area contributed by atoms with Gasteiger partial charge in [-0.1, -0.05) is 23.7 Å². The van der Waals surface area contributed by atoms with Crippen LogP contribution in [0.4, 0.5) is 4.79 Å². The summed E-state index contributed by atoms with van der Waals surface area (Å²) in [7, 11) is 0. The van der Waals surface area contributed by atoms with Crippen LogP contribution in [0, 0.1) is 5.92 Å². The molecule has 7 heteroatoms. The summed E-state index contributed by atoms with van der Waals surface area (Å²) in [6, 6.07) is 6.15. The lowest BCUT2D eigenvalue weighted by Gasteiger charge is -2.35. The van der Waals surface area contributed by atoms with Crippen LogP contribution in [-0.2, 0) is 4.79 Å². The van der Waals surface area contributed by atoms with E-state index in [1.807, 2.05) is 23.1 Å². The summed E-state index contributed by atoms with van der Waals surface area (Å²) in [6.07, 6.45) is 2.01. The van der Waals surface area contributed by atoms with Crippen LogP contribution in [-0.4, -0.2) is 42.6 Å². The van der Waals surface area contributed by atoms with Crippen molar-refractivity contribution in [2.24, 2.45) is 11.7 Å². The molecule has 1 fully saturated rings. The maximum atomic E-state index is 11.9. The van der Waals surface area contributed by atoms with E-state index in [1.165, 1.54) is 0 Å². The number of primary amides is 1. The van der Waals surface area contributed by atoms with E-state index >= 15 is 0 Å². The van der Waals surface area contributed by atoms with Crippen molar-refractivity contribution in [1.29, 1.82) is 0 Å². The smallest absolute Gasteiger partial charge is 0.318 e. The molecule has 1 aliphatic rings. The minimum Gasteiger partial charge on any atom is -0.492 e. The Kier molecular flexibility index (Phi) is 6.24. The van der Waals surface area contributed by atoms with Crippen molar-refractivity contribution in [2.75, 3.05) is 19.7 Å². The van der Waals surface area contributed by atoms with Gasteiger partial charge in [0.25, 0.3) is 0 Å². The monoisotopic (exact) mass is 339 g/mol. The molecular weight excluding hydrogens is 318 g/mol. The number of carbonyl (C=O) groups excluding carboxylic acids is 2. The highest BCUT2D eigenvalue weighted by atomic mass is 35.5. The van der Waals surface area contributed by atoms with Crippen LogP contribution in [0.2, 0.25) is 5.02 Å². The highest BCUT2D eigenvalue weighted by Gasteiger charge is 2.28. The maximum absolute atomic E-state index is 11.9. The minimum absolute atomic E-state index is 0.309. The van der Waals surface area contributed by atoms with E-state index in [0.29, 0.717) is 23.3 Å². The van der Waals surface area contributed by atoms with E-state index in [0.717, 1.165) is 25.9 Å². The minimum atomic E-state index is -0.822. The van der Waals surface area contributed by atoms with Gasteiger partial charge in [0.1, 0.15) is 5.75 Å². The first-order valence-electron chi connectivity index (χ1n) is 7.69. The van der Waals surface area contributed by atoms with Gasteiger partial charge in [0.2, 0.25) is 5.91 Å². The summed E-state index contributed by atoms with van der Waals surface area (Å²) in [5, 5.41) is 2.72. The number of piperidine rings is 1. The number of imide groups is 1. The first kappa shape index (κ1) is 17.6. The molecule has 6 nitrogen and oxygen atoms in total. The van der Waals surface area contributed by atoms with Crippen LogP contribution in [0.3, 0.4) is 0 Å². The normalized spacial score (nSPS) is 19.8. The molecule has 2 atom stereocenters. The van der Waals surface area contributed by atoms with Gasteiger partial charge in [-0.2, -0.15) is 0 Å². The number of rotatable bonds is 5. The molecule has 1 aromatic rings. The number of hydrogen-bond donors (Lipinski definition) is 2. The fourth-order valence-electron chi connectivity index (χ4n) is 2.75. The van der Waals surface area contributed by atoms with E-state index < -0.39 is 12.1 Å². The van der Waals surface area contributed by atoms with E-state index in [2.05, 4.69) is 5.32 Å². The number of nitrogens with one attached hydrogen (secondary N) is 1. The van der Waals surface area contributed by atoms with Crippen molar-refractivity contribution in [3.05, 3.63) is 29.3 Å². The molecule has 0 saturated carbocycles. The van der Waals surface area contributed by atoms with Crippen LogP contribution < -0.4 is 15.8 Å². The molecule has 0 aliphatic carbocycles. The van der Waals surface area contributed by atoms with Crippen molar-refractivity contribution < 1.29 is 14.3 Å². The zero-order chi connectivity index (χ0) is 16.8. The molecule has 1 saturated heterocycles. The molecule has 3 amide bonds. The van der Waals surface area contributed by atoms with Gasteiger partial charge < -0.3 is 10.5 Å². The summed E-state index contributed by atoms with van der Waals surface area (Å²) in [5.41, 5.74) is 4.99. The zero-order valence-electron chi connectivity index (χ0n) is 13.1. The number of nitrogens with two attached hydrogens (primary N) is 1. The van der Waals surface area contributed by atoms with Gasteiger partial charge in [-0.25, -0.2) is 4.79 Å². The molecule has 0 radical (unpaired) electrons. The largest absolute Gasteiger partial charge is 0.492 e. The first-order valence-corrected chi connectivity index (χ1v) is 8.07. The van der Waals surface area contributed by atoms with E-state index in [-0.39, 0.29) is 5.91 Å². The fraction of sp³-hybridized carbons (Fsp3) is 0.500. The average molecular weight is 340 g/mol. The van der Waals surface area contributed by atoms with Crippen molar-refractivity contribution in [2.45, 2.75) is 25.8 Å². The molecule has 1 aliphatic heterocycles. The number of nitrogens with zero attached hydrogens (tertiary/aromatic N) is 1. The van der Waals surface area contributed by atoms with Gasteiger partial charge in [-0.15, -0.1) is 0 Å². The SMILES string of the molecule is C[C@H](C(=O)NC(N)=O)N1CCC[C@H](COc2ccccc2Cl)C1. The number of amides is 3. The number of hydrogen-bond acceptors (Lipinski definition) is 4. The van der Waals surface area contributed by atoms with Crippen molar-refractivity contribution in [1.82, 2.24) is 10.2 Å². The second-order valence-corrected chi connectivity index (χ2v) is 6.18. The van der Waals surface area contributed by atoms with Gasteiger partial charge in [0.05, 0.1) is 17.7 Å². The quantitative estimate of drug-likeness (QED) is 0.859. The van der Waals surface area contributed by atoms with Gasteiger partial charge in [0.15, 0.2) is 0 Å². The number of likely N-dealkylation sites (tertiary alicyclic amines) is 1. The number of carbonyl (C=O) groups is 2. The van der Waals surface area contributed by atoms with E-state index in [1.54, 1.807) is 13.0 Å². The highest BCUT2D eigenvalue weighted by Crippen LogP contribution is 2.25. The lowest BCUT2D eigenvalue weighted by molar-refractivity contribution is -0.125. The molecule has 0 unspecified atom stereocenters. The van der Waals surface area contributed by atoms with Gasteiger partial charge >= 0.3 is 6.03 Å². The number of halogens is 1. The Labute approximate surface area is 140 Å². The Morgan fingerprint density at radius 3 is 2.91 bits per heavy atom. The molecular formula is C16H22ClN3O3. The number of para-hydroxylation sites is 1. The molecule has 1 heterocycles. The van der Waals surface area contributed by atoms with Gasteiger partial charge in [0, 0.05) is 12.5 Å². The summed E-state index contributed by atoms with van der Waals surface area (Å²) in [5.74, 6) is 0.611. The van der Waals surface area contributed by atoms with Crippen LogP contribution in [0.25, 0.3) is 0 Å². The number of urea groups is 1. The van der Waals surface area contributed by atoms with Crippen molar-refractivity contribution in [3.8, 4) is 5.75 Å². The predicted molar refractivity (Wildman–Crippen MR) is 88.4 cm³/mol. The average Bonchev–Trinajstić information content (AvgIpc) is 2.53. The second-order valence-electron chi connectivity index (χ2n) is 5.77. The maximum Gasteiger partial charge on any atom is 0.318 e. The Balaban J connectivity index is 1.87. The fourth-order valence-corrected chi connectivity index (χ4v) is 2.94. The third-order valence-corrected chi connectivity index (χ3v) is 4.35. The zero-order valence-corrected chi connectivity index (χ0v) is 13.9. The number of ether oxygens (including phenoxy) is 1. The number of benzene rings is 1. The van der Waals surface area contributed by atoms with Crippen LogP contribution in [0.15, 0.2) is 24.3 Å². The molecule has 2 rings (SSSR count). The van der Waals surface area contributed by atoms with Crippen molar-refractivity contribution in [3.63, 3.8) is 0 Å². The van der Waals surface area contributed by atoms with Gasteiger partial charge in [-0.05, 0) is 38.4 Å². The molecule has 3 N–H and O–H groups in total. The first-order chi connectivity index (χ1) is 11.0. The van der Waals surface area contributed by atoms with E-state index in [4.69, 9.17) is 22.1 Å². The van der Waals surface area contributed by atoms with Gasteiger partial charge in [-0.3, -0.25) is 15.0 Å². The topological polar surface area (TPSA) is 84.7 Å². The molecule has 23 heavy (non-hydrogen) atoms. The Morgan fingerprint density at radius 2 is 2.22 bits per heavy atom.